The number of nitrogens with zero attached hydrogens (tertiary/aromatic N) is 2. The SMILES string of the molecule is CNc1ccc(C(OC)(c2ccc(N(C)C)cc2)c2ccc(N(C)C)cc2)cc1. The molecule has 0 unspecified atom stereocenters. The van der Waals surface area contributed by atoms with Crippen molar-refractivity contribution in [2.24, 2.45) is 0 Å². The summed E-state index contributed by atoms with van der Waals surface area (Å²) in [6, 6.07) is 25.6. The molecule has 3 rings (SSSR count). The fourth-order valence-corrected chi connectivity index (χ4v) is 3.71. The van der Waals surface area contributed by atoms with E-state index >= 15 is 0 Å². The summed E-state index contributed by atoms with van der Waals surface area (Å²) in [5, 5.41) is 3.19. The lowest BCUT2D eigenvalue weighted by atomic mass is 9.80. The molecule has 0 aliphatic rings. The van der Waals surface area contributed by atoms with Crippen molar-refractivity contribution >= 4 is 17.1 Å². The van der Waals surface area contributed by atoms with E-state index in [9.17, 15) is 0 Å². The third-order valence-corrected chi connectivity index (χ3v) is 5.47. The molecule has 3 aromatic carbocycles. The van der Waals surface area contributed by atoms with Gasteiger partial charge >= 0.3 is 0 Å². The first-order valence-electron chi connectivity index (χ1n) is 9.81. The highest BCUT2D eigenvalue weighted by Gasteiger charge is 2.36. The second-order valence-electron chi connectivity index (χ2n) is 7.60. The number of rotatable bonds is 7. The van der Waals surface area contributed by atoms with Crippen LogP contribution in [0, 0.1) is 0 Å². The largest absolute Gasteiger partial charge is 0.388 e. The Kier molecular flexibility index (Phi) is 6.14. The molecular formula is C25H31N3O. The Hall–Kier alpha value is -2.98. The van der Waals surface area contributed by atoms with Gasteiger partial charge in [0.1, 0.15) is 5.60 Å². The maximum absolute atomic E-state index is 6.32. The third-order valence-electron chi connectivity index (χ3n) is 5.47. The molecule has 152 valence electrons. The molecule has 0 fully saturated rings. The van der Waals surface area contributed by atoms with Crippen LogP contribution in [0.3, 0.4) is 0 Å². The second-order valence-corrected chi connectivity index (χ2v) is 7.60. The fraction of sp³-hybridized carbons (Fsp3) is 0.280. The minimum absolute atomic E-state index is 0.693. The monoisotopic (exact) mass is 389 g/mol. The Balaban J connectivity index is 2.20. The highest BCUT2D eigenvalue weighted by atomic mass is 16.5. The first-order valence-corrected chi connectivity index (χ1v) is 9.81. The van der Waals surface area contributed by atoms with Crippen molar-refractivity contribution < 1.29 is 4.74 Å². The van der Waals surface area contributed by atoms with E-state index in [0.29, 0.717) is 0 Å². The van der Waals surface area contributed by atoms with Gasteiger partial charge in [-0.3, -0.25) is 0 Å². The highest BCUT2D eigenvalue weighted by molar-refractivity contribution is 5.57. The van der Waals surface area contributed by atoms with E-state index in [-0.39, 0.29) is 0 Å². The van der Waals surface area contributed by atoms with Gasteiger partial charge < -0.3 is 19.9 Å². The number of nitrogens with one attached hydrogen (secondary N) is 1. The lowest BCUT2D eigenvalue weighted by molar-refractivity contribution is 0.0585. The van der Waals surface area contributed by atoms with Crippen LogP contribution in [-0.2, 0) is 10.3 Å². The fourth-order valence-electron chi connectivity index (χ4n) is 3.71. The topological polar surface area (TPSA) is 27.7 Å². The highest BCUT2D eigenvalue weighted by Crippen LogP contribution is 2.41. The van der Waals surface area contributed by atoms with Gasteiger partial charge in [0.2, 0.25) is 0 Å². The van der Waals surface area contributed by atoms with Crippen LogP contribution in [0.5, 0.6) is 0 Å². The molecule has 0 heterocycles. The molecule has 29 heavy (non-hydrogen) atoms. The van der Waals surface area contributed by atoms with Gasteiger partial charge in [0, 0.05) is 59.4 Å². The summed E-state index contributed by atoms with van der Waals surface area (Å²) < 4.78 is 6.32. The van der Waals surface area contributed by atoms with Crippen LogP contribution in [0.2, 0.25) is 0 Å². The second kappa shape index (κ2) is 8.58. The van der Waals surface area contributed by atoms with Gasteiger partial charge in [-0.05, 0) is 53.1 Å². The summed E-state index contributed by atoms with van der Waals surface area (Å²) in [5.74, 6) is 0. The van der Waals surface area contributed by atoms with Gasteiger partial charge in [0.25, 0.3) is 0 Å². The van der Waals surface area contributed by atoms with Crippen LogP contribution < -0.4 is 15.1 Å². The van der Waals surface area contributed by atoms with Crippen LogP contribution in [0.4, 0.5) is 17.1 Å². The number of hydrogen-bond acceptors (Lipinski definition) is 4. The Labute approximate surface area is 174 Å². The molecule has 4 nitrogen and oxygen atoms in total. The molecule has 4 heteroatoms. The number of benzene rings is 3. The molecule has 0 saturated heterocycles. The molecule has 0 amide bonds. The molecule has 3 aromatic rings. The Morgan fingerprint density at radius 2 is 0.966 bits per heavy atom. The van der Waals surface area contributed by atoms with E-state index in [1.54, 1.807) is 7.11 Å². The van der Waals surface area contributed by atoms with Gasteiger partial charge in [-0.25, -0.2) is 0 Å². The molecule has 0 radical (unpaired) electrons. The summed E-state index contributed by atoms with van der Waals surface area (Å²) in [6.07, 6.45) is 0. The molecule has 0 aliphatic carbocycles. The Morgan fingerprint density at radius 1 is 0.621 bits per heavy atom. The maximum Gasteiger partial charge on any atom is 0.143 e. The number of methoxy groups -OCH3 is 1. The van der Waals surface area contributed by atoms with E-state index in [2.05, 4.69) is 116 Å². The van der Waals surface area contributed by atoms with Crippen molar-refractivity contribution in [3.05, 3.63) is 89.5 Å². The Morgan fingerprint density at radius 3 is 1.24 bits per heavy atom. The van der Waals surface area contributed by atoms with Crippen molar-refractivity contribution in [2.75, 3.05) is 57.5 Å². The molecule has 0 bridgehead atoms. The van der Waals surface area contributed by atoms with Crippen LogP contribution in [-0.4, -0.2) is 42.3 Å². The zero-order chi connectivity index (χ0) is 21.0. The molecule has 0 spiro atoms. The van der Waals surface area contributed by atoms with E-state index in [0.717, 1.165) is 33.8 Å². The number of hydrogen-bond donors (Lipinski definition) is 1. The number of anilines is 3. The third kappa shape index (κ3) is 3.94. The van der Waals surface area contributed by atoms with Gasteiger partial charge in [-0.15, -0.1) is 0 Å². The van der Waals surface area contributed by atoms with E-state index < -0.39 is 5.60 Å². The predicted molar refractivity (Wildman–Crippen MR) is 124 cm³/mol. The zero-order valence-electron chi connectivity index (χ0n) is 18.2. The van der Waals surface area contributed by atoms with Crippen molar-refractivity contribution in [3.63, 3.8) is 0 Å². The molecule has 0 aromatic heterocycles. The Bertz CT molecular complexity index is 862. The lowest BCUT2D eigenvalue weighted by Crippen LogP contribution is -2.31. The summed E-state index contributed by atoms with van der Waals surface area (Å²) >= 11 is 0. The first kappa shape index (κ1) is 20.7. The van der Waals surface area contributed by atoms with Crippen LogP contribution in [0.1, 0.15) is 16.7 Å². The van der Waals surface area contributed by atoms with E-state index in [4.69, 9.17) is 4.74 Å². The van der Waals surface area contributed by atoms with Gasteiger partial charge in [0.05, 0.1) is 0 Å². The zero-order valence-corrected chi connectivity index (χ0v) is 18.2. The van der Waals surface area contributed by atoms with Crippen molar-refractivity contribution in [1.82, 2.24) is 0 Å². The van der Waals surface area contributed by atoms with Crippen molar-refractivity contribution in [2.45, 2.75) is 5.60 Å². The van der Waals surface area contributed by atoms with Crippen molar-refractivity contribution in [1.29, 1.82) is 0 Å². The normalized spacial score (nSPS) is 11.2. The summed E-state index contributed by atoms with van der Waals surface area (Å²) in [5.41, 5.74) is 5.99. The van der Waals surface area contributed by atoms with Gasteiger partial charge in [-0.1, -0.05) is 36.4 Å². The van der Waals surface area contributed by atoms with Crippen LogP contribution in [0.25, 0.3) is 0 Å². The molecule has 0 atom stereocenters. The predicted octanol–water partition coefficient (Wildman–Crippen LogP) is 4.80. The quantitative estimate of drug-likeness (QED) is 0.588. The summed E-state index contributed by atoms with van der Waals surface area (Å²) in [7, 11) is 11.9. The minimum Gasteiger partial charge on any atom is -0.388 e. The van der Waals surface area contributed by atoms with Gasteiger partial charge in [-0.2, -0.15) is 0 Å². The standard InChI is InChI=1S/C25H31N3O/c1-26-22-13-7-19(8-14-22)25(29-6,20-9-15-23(16-10-20)27(2)3)21-11-17-24(18-12-21)28(4)5/h7-18,26H,1-6H3. The minimum atomic E-state index is -0.693. The van der Waals surface area contributed by atoms with Crippen molar-refractivity contribution in [3.8, 4) is 0 Å². The summed E-state index contributed by atoms with van der Waals surface area (Å²) in [6.45, 7) is 0. The van der Waals surface area contributed by atoms with E-state index in [1.165, 1.54) is 0 Å². The average molecular weight is 390 g/mol. The number of ether oxygens (including phenoxy) is 1. The molecule has 0 aliphatic heterocycles. The van der Waals surface area contributed by atoms with Gasteiger partial charge in [0.15, 0.2) is 0 Å². The maximum atomic E-state index is 6.32. The molecule has 0 saturated carbocycles. The summed E-state index contributed by atoms with van der Waals surface area (Å²) in [4.78, 5) is 4.21. The van der Waals surface area contributed by atoms with Crippen LogP contribution in [0.15, 0.2) is 72.8 Å². The van der Waals surface area contributed by atoms with Crippen LogP contribution >= 0.6 is 0 Å². The smallest absolute Gasteiger partial charge is 0.143 e. The average Bonchev–Trinajstić information content (AvgIpc) is 2.76. The lowest BCUT2D eigenvalue weighted by Gasteiger charge is -2.35. The molecule has 1 N–H and O–H groups in total. The first-order chi connectivity index (χ1) is 13.9. The van der Waals surface area contributed by atoms with E-state index in [1.807, 2.05) is 7.05 Å². The molecular weight excluding hydrogens is 358 g/mol.